The van der Waals surface area contributed by atoms with Gasteiger partial charge in [-0.25, -0.2) is 4.68 Å². The number of amides is 1. The molecule has 29 heavy (non-hydrogen) atoms. The normalized spacial score (nSPS) is 13.2. The van der Waals surface area contributed by atoms with E-state index in [9.17, 15) is 4.79 Å². The van der Waals surface area contributed by atoms with Crippen molar-refractivity contribution in [3.63, 3.8) is 0 Å². The van der Waals surface area contributed by atoms with Gasteiger partial charge >= 0.3 is 0 Å². The summed E-state index contributed by atoms with van der Waals surface area (Å²) in [5, 5.41) is 10.7. The monoisotopic (exact) mass is 431 g/mol. The number of thioether (sulfide) groups is 1. The molecular formula is C19H21N5O3S2. The molecule has 2 N–H and O–H groups in total. The van der Waals surface area contributed by atoms with Crippen molar-refractivity contribution in [2.24, 2.45) is 0 Å². The lowest BCUT2D eigenvalue weighted by atomic mass is 10.1. The summed E-state index contributed by atoms with van der Waals surface area (Å²) in [5.41, 5.74) is 1.25. The van der Waals surface area contributed by atoms with Gasteiger partial charge < -0.3 is 20.2 Å². The number of hydrogen-bond donors (Lipinski definition) is 1. The molecule has 1 aliphatic rings. The molecular weight excluding hydrogens is 410 g/mol. The second-order valence-electron chi connectivity index (χ2n) is 6.46. The maximum absolute atomic E-state index is 12.6. The molecule has 1 aromatic carbocycles. The van der Waals surface area contributed by atoms with Gasteiger partial charge in [-0.05, 0) is 35.6 Å². The lowest BCUT2D eigenvalue weighted by molar-refractivity contribution is -0.129. The maximum atomic E-state index is 12.6. The fraction of sp³-hybridized carbons (Fsp3) is 0.316. The first-order valence-corrected chi connectivity index (χ1v) is 10.9. The van der Waals surface area contributed by atoms with Gasteiger partial charge in [-0.2, -0.15) is 0 Å². The van der Waals surface area contributed by atoms with Crippen molar-refractivity contribution >= 4 is 29.0 Å². The molecule has 0 unspecified atom stereocenters. The molecule has 0 radical (unpaired) electrons. The van der Waals surface area contributed by atoms with E-state index >= 15 is 0 Å². The largest absolute Gasteiger partial charge is 0.497 e. The molecule has 3 heterocycles. The summed E-state index contributed by atoms with van der Waals surface area (Å²) < 4.78 is 12.3. The first-order valence-electron chi connectivity index (χ1n) is 9.06. The minimum atomic E-state index is 0.0732. The topological polar surface area (TPSA) is 95.5 Å². The number of benzene rings is 1. The third-order valence-electron chi connectivity index (χ3n) is 4.63. The van der Waals surface area contributed by atoms with Crippen LogP contribution in [0.5, 0.6) is 11.5 Å². The number of carbonyl (C=O) groups excluding carboxylic acids is 1. The number of methoxy groups -OCH3 is 1. The van der Waals surface area contributed by atoms with E-state index in [1.54, 1.807) is 24.5 Å². The Balaban J connectivity index is 1.31. The average molecular weight is 432 g/mol. The molecule has 0 spiro atoms. The van der Waals surface area contributed by atoms with Gasteiger partial charge in [0.25, 0.3) is 0 Å². The zero-order chi connectivity index (χ0) is 20.2. The van der Waals surface area contributed by atoms with Crippen molar-refractivity contribution in [1.82, 2.24) is 19.8 Å². The molecule has 3 aromatic rings. The summed E-state index contributed by atoms with van der Waals surface area (Å²) in [5.74, 6) is 8.25. The van der Waals surface area contributed by atoms with Crippen LogP contribution < -0.4 is 15.3 Å². The van der Waals surface area contributed by atoms with E-state index in [2.05, 4.69) is 21.6 Å². The van der Waals surface area contributed by atoms with Crippen molar-refractivity contribution < 1.29 is 14.3 Å². The molecule has 0 aliphatic carbocycles. The number of nitrogens with zero attached hydrogens (tertiary/aromatic N) is 4. The molecule has 4 rings (SSSR count). The summed E-state index contributed by atoms with van der Waals surface area (Å²) in [7, 11) is 1.60. The number of aromatic nitrogens is 3. The quantitative estimate of drug-likeness (QED) is 0.453. The number of fused-ring (bicyclic) bond motifs is 1. The number of nitrogen functional groups attached to an aromatic ring is 1. The Bertz CT molecular complexity index is 1000. The van der Waals surface area contributed by atoms with Crippen molar-refractivity contribution in [3.8, 4) is 11.5 Å². The van der Waals surface area contributed by atoms with E-state index in [-0.39, 0.29) is 18.3 Å². The van der Waals surface area contributed by atoms with Crippen LogP contribution in [0.15, 0.2) is 40.9 Å². The zero-order valence-corrected chi connectivity index (χ0v) is 17.5. The van der Waals surface area contributed by atoms with E-state index in [1.807, 2.05) is 23.1 Å². The van der Waals surface area contributed by atoms with Gasteiger partial charge in [0.1, 0.15) is 18.1 Å². The molecule has 1 amide bonds. The SMILES string of the molecule is COc1cccc(OCc2nnc(SCC(=O)N3CCc4sccc4C3)n2N)c1. The third-order valence-corrected chi connectivity index (χ3v) is 6.58. The maximum Gasteiger partial charge on any atom is 0.233 e. The van der Waals surface area contributed by atoms with Gasteiger partial charge in [-0.1, -0.05) is 17.8 Å². The zero-order valence-electron chi connectivity index (χ0n) is 15.9. The number of nitrogens with two attached hydrogens (primary N) is 1. The average Bonchev–Trinajstić information content (AvgIpc) is 3.36. The number of rotatable bonds is 7. The summed E-state index contributed by atoms with van der Waals surface area (Å²) in [6.07, 6.45) is 0.919. The molecule has 2 aromatic heterocycles. The first-order chi connectivity index (χ1) is 14.1. The van der Waals surface area contributed by atoms with Crippen LogP contribution in [0.25, 0.3) is 0 Å². The van der Waals surface area contributed by atoms with Crippen LogP contribution in [0, 0.1) is 0 Å². The van der Waals surface area contributed by atoms with Crippen molar-refractivity contribution in [2.75, 3.05) is 25.3 Å². The Morgan fingerprint density at radius 2 is 2.17 bits per heavy atom. The van der Waals surface area contributed by atoms with Gasteiger partial charge in [0.05, 0.1) is 12.9 Å². The minimum absolute atomic E-state index is 0.0732. The second-order valence-corrected chi connectivity index (χ2v) is 8.40. The van der Waals surface area contributed by atoms with Gasteiger partial charge in [0.15, 0.2) is 5.82 Å². The lowest BCUT2D eigenvalue weighted by Gasteiger charge is -2.26. The molecule has 0 saturated carbocycles. The van der Waals surface area contributed by atoms with Crippen LogP contribution in [0.4, 0.5) is 0 Å². The highest BCUT2D eigenvalue weighted by Gasteiger charge is 2.22. The van der Waals surface area contributed by atoms with E-state index in [0.29, 0.717) is 29.0 Å². The highest BCUT2D eigenvalue weighted by Crippen LogP contribution is 2.25. The van der Waals surface area contributed by atoms with Gasteiger partial charge in [-0.3, -0.25) is 4.79 Å². The van der Waals surface area contributed by atoms with Crippen LogP contribution >= 0.6 is 23.1 Å². The fourth-order valence-electron chi connectivity index (χ4n) is 3.02. The number of thiophene rings is 1. The van der Waals surface area contributed by atoms with E-state index in [1.165, 1.54) is 26.9 Å². The van der Waals surface area contributed by atoms with Crippen LogP contribution in [-0.2, 0) is 24.4 Å². The molecule has 0 fully saturated rings. The first kappa shape index (κ1) is 19.6. The van der Waals surface area contributed by atoms with Crippen molar-refractivity contribution in [1.29, 1.82) is 0 Å². The van der Waals surface area contributed by atoms with Gasteiger partial charge in [-0.15, -0.1) is 21.5 Å². The molecule has 152 valence electrons. The standard InChI is InChI=1S/C19H21N5O3S2/c1-26-14-3-2-4-15(9-14)27-11-17-21-22-19(24(17)20)29-12-18(25)23-7-5-16-13(10-23)6-8-28-16/h2-4,6,8-9H,5,7,10-12,20H2,1H3. The van der Waals surface area contributed by atoms with E-state index < -0.39 is 0 Å². The minimum Gasteiger partial charge on any atom is -0.497 e. The number of carbonyl (C=O) groups is 1. The molecule has 0 atom stereocenters. The number of ether oxygens (including phenoxy) is 2. The van der Waals surface area contributed by atoms with Crippen LogP contribution in [0.1, 0.15) is 16.3 Å². The molecule has 0 bridgehead atoms. The predicted molar refractivity (Wildman–Crippen MR) is 112 cm³/mol. The summed E-state index contributed by atoms with van der Waals surface area (Å²) in [6, 6.07) is 9.38. The Morgan fingerprint density at radius 3 is 3.03 bits per heavy atom. The Labute approximate surface area is 176 Å². The Morgan fingerprint density at radius 1 is 1.31 bits per heavy atom. The summed E-state index contributed by atoms with van der Waals surface area (Å²) >= 11 is 3.04. The van der Waals surface area contributed by atoms with Crippen molar-refractivity contribution in [2.45, 2.75) is 24.7 Å². The van der Waals surface area contributed by atoms with Gasteiger partial charge in [0, 0.05) is 24.0 Å². The molecule has 8 nitrogen and oxygen atoms in total. The Kier molecular flexibility index (Phi) is 5.91. The second kappa shape index (κ2) is 8.75. The van der Waals surface area contributed by atoms with Crippen LogP contribution in [0.2, 0.25) is 0 Å². The van der Waals surface area contributed by atoms with E-state index in [4.69, 9.17) is 15.3 Å². The van der Waals surface area contributed by atoms with E-state index in [0.717, 1.165) is 13.0 Å². The van der Waals surface area contributed by atoms with Crippen LogP contribution in [0.3, 0.4) is 0 Å². The smallest absolute Gasteiger partial charge is 0.233 e. The lowest BCUT2D eigenvalue weighted by Crippen LogP contribution is -2.36. The molecule has 10 heteroatoms. The highest BCUT2D eigenvalue weighted by atomic mass is 32.2. The molecule has 1 aliphatic heterocycles. The summed E-state index contributed by atoms with van der Waals surface area (Å²) in [6.45, 7) is 1.59. The summed E-state index contributed by atoms with van der Waals surface area (Å²) in [4.78, 5) is 15.8. The van der Waals surface area contributed by atoms with Crippen LogP contribution in [-0.4, -0.2) is 45.1 Å². The highest BCUT2D eigenvalue weighted by molar-refractivity contribution is 7.99. The number of hydrogen-bond acceptors (Lipinski definition) is 8. The predicted octanol–water partition coefficient (Wildman–Crippen LogP) is 2.32. The van der Waals surface area contributed by atoms with Gasteiger partial charge in [0.2, 0.25) is 11.1 Å². The fourth-order valence-corrected chi connectivity index (χ4v) is 4.69. The third kappa shape index (κ3) is 4.48. The Hall–Kier alpha value is -2.72. The molecule has 0 saturated heterocycles. The van der Waals surface area contributed by atoms with Crippen molar-refractivity contribution in [3.05, 3.63) is 52.0 Å².